The van der Waals surface area contributed by atoms with Crippen LogP contribution >= 0.6 is 0 Å². The van der Waals surface area contributed by atoms with Gasteiger partial charge in [-0.05, 0) is 18.2 Å². The molecular formula is C13H19N5O2S. The van der Waals surface area contributed by atoms with E-state index in [-0.39, 0.29) is 4.90 Å². The number of hydrogen-bond acceptors (Lipinski definition) is 5. The van der Waals surface area contributed by atoms with E-state index in [0.29, 0.717) is 24.5 Å². The Hall–Kier alpha value is -2.06. The zero-order valence-electron chi connectivity index (χ0n) is 12.0. The van der Waals surface area contributed by atoms with E-state index in [1.165, 1.54) is 12.1 Å². The first-order valence-electron chi connectivity index (χ1n) is 6.53. The highest BCUT2D eigenvalue weighted by Gasteiger charge is 2.14. The van der Waals surface area contributed by atoms with Crippen LogP contribution in [-0.4, -0.2) is 24.7 Å². The minimum absolute atomic E-state index is 0.187. The van der Waals surface area contributed by atoms with Gasteiger partial charge in [-0.2, -0.15) is 5.10 Å². The first-order valence-corrected chi connectivity index (χ1v) is 8.01. The van der Waals surface area contributed by atoms with Crippen molar-refractivity contribution < 1.29 is 8.42 Å². The molecule has 1 aromatic carbocycles. The number of nitrogens with zero attached hydrogens (tertiary/aromatic N) is 2. The Morgan fingerprint density at radius 3 is 2.76 bits per heavy atom. The lowest BCUT2D eigenvalue weighted by atomic mass is 10.2. The maximum atomic E-state index is 12.0. The lowest BCUT2D eigenvalue weighted by Crippen LogP contribution is -2.23. The van der Waals surface area contributed by atoms with Crippen molar-refractivity contribution in [3.8, 4) is 0 Å². The van der Waals surface area contributed by atoms with Crippen LogP contribution in [0.1, 0.15) is 12.5 Å². The summed E-state index contributed by atoms with van der Waals surface area (Å²) >= 11 is 0. The molecule has 1 aromatic heterocycles. The molecule has 0 amide bonds. The third-order valence-corrected chi connectivity index (χ3v) is 4.45. The minimum atomic E-state index is -3.49. The molecule has 0 saturated heterocycles. The number of rotatable bonds is 6. The molecular weight excluding hydrogens is 290 g/mol. The molecule has 0 aliphatic rings. The molecule has 0 aliphatic heterocycles. The van der Waals surface area contributed by atoms with Gasteiger partial charge >= 0.3 is 0 Å². The quantitative estimate of drug-likeness (QED) is 0.688. The molecule has 0 spiro atoms. The van der Waals surface area contributed by atoms with Crippen molar-refractivity contribution in [2.45, 2.75) is 18.4 Å². The van der Waals surface area contributed by atoms with E-state index in [1.807, 2.05) is 13.2 Å². The van der Waals surface area contributed by atoms with Gasteiger partial charge in [0.2, 0.25) is 10.0 Å². The molecule has 8 heteroatoms. The number of nitrogen functional groups attached to an aromatic ring is 1. The Balaban J connectivity index is 2.19. The highest BCUT2D eigenvalue weighted by atomic mass is 32.2. The van der Waals surface area contributed by atoms with Crippen LogP contribution in [0, 0.1) is 0 Å². The number of hydrogen-bond donors (Lipinski definition) is 3. The fourth-order valence-electron chi connectivity index (χ4n) is 1.89. The SMILES string of the molecule is CCNS(=O)(=O)c1ccc(N)c(NCc2cnn(C)c2)c1. The summed E-state index contributed by atoms with van der Waals surface area (Å²) in [6, 6.07) is 4.60. The van der Waals surface area contributed by atoms with Gasteiger partial charge in [-0.15, -0.1) is 0 Å². The van der Waals surface area contributed by atoms with Crippen LogP contribution < -0.4 is 15.8 Å². The fourth-order valence-corrected chi connectivity index (χ4v) is 2.96. The molecule has 21 heavy (non-hydrogen) atoms. The molecule has 1 heterocycles. The zero-order valence-corrected chi connectivity index (χ0v) is 12.8. The number of nitrogens with one attached hydrogen (secondary N) is 2. The lowest BCUT2D eigenvalue weighted by molar-refractivity contribution is 0.584. The van der Waals surface area contributed by atoms with Gasteiger partial charge in [0.05, 0.1) is 22.5 Å². The molecule has 2 rings (SSSR count). The first kappa shape index (κ1) is 15.3. The van der Waals surface area contributed by atoms with Gasteiger partial charge in [-0.25, -0.2) is 13.1 Å². The molecule has 2 aromatic rings. The molecule has 0 aliphatic carbocycles. The fraction of sp³-hybridized carbons (Fsp3) is 0.308. The van der Waals surface area contributed by atoms with Gasteiger partial charge in [0.1, 0.15) is 0 Å². The van der Waals surface area contributed by atoms with Crippen LogP contribution in [0.2, 0.25) is 0 Å². The van der Waals surface area contributed by atoms with Crippen molar-refractivity contribution in [3.63, 3.8) is 0 Å². The van der Waals surface area contributed by atoms with Crippen molar-refractivity contribution in [1.29, 1.82) is 0 Å². The van der Waals surface area contributed by atoms with E-state index in [4.69, 9.17) is 5.73 Å². The predicted molar refractivity (Wildman–Crippen MR) is 82.3 cm³/mol. The van der Waals surface area contributed by atoms with Gasteiger partial charge in [0.15, 0.2) is 0 Å². The summed E-state index contributed by atoms with van der Waals surface area (Å²) in [4.78, 5) is 0.187. The van der Waals surface area contributed by atoms with Gasteiger partial charge < -0.3 is 11.1 Å². The predicted octanol–water partition coefficient (Wildman–Crippen LogP) is 0.913. The number of aromatic nitrogens is 2. The summed E-state index contributed by atoms with van der Waals surface area (Å²) in [5.74, 6) is 0. The maximum absolute atomic E-state index is 12.0. The Bertz CT molecular complexity index is 724. The summed E-state index contributed by atoms with van der Waals surface area (Å²) < 4.78 is 28.1. The summed E-state index contributed by atoms with van der Waals surface area (Å²) in [6.45, 7) is 2.59. The number of anilines is 2. The monoisotopic (exact) mass is 309 g/mol. The Morgan fingerprint density at radius 2 is 2.14 bits per heavy atom. The number of benzene rings is 1. The van der Waals surface area contributed by atoms with E-state index >= 15 is 0 Å². The van der Waals surface area contributed by atoms with Crippen molar-refractivity contribution in [1.82, 2.24) is 14.5 Å². The van der Waals surface area contributed by atoms with E-state index in [1.54, 1.807) is 23.9 Å². The van der Waals surface area contributed by atoms with Crippen molar-refractivity contribution in [2.24, 2.45) is 7.05 Å². The third kappa shape index (κ3) is 3.73. The largest absolute Gasteiger partial charge is 0.397 e. The maximum Gasteiger partial charge on any atom is 0.240 e. The minimum Gasteiger partial charge on any atom is -0.397 e. The van der Waals surface area contributed by atoms with E-state index in [9.17, 15) is 8.42 Å². The highest BCUT2D eigenvalue weighted by Crippen LogP contribution is 2.23. The molecule has 114 valence electrons. The van der Waals surface area contributed by atoms with Gasteiger partial charge in [-0.1, -0.05) is 6.92 Å². The number of nitrogens with two attached hydrogens (primary N) is 1. The second kappa shape index (κ2) is 6.15. The summed E-state index contributed by atoms with van der Waals surface area (Å²) in [5, 5.41) is 7.20. The van der Waals surface area contributed by atoms with Crippen LogP contribution in [0.25, 0.3) is 0 Å². The number of sulfonamides is 1. The van der Waals surface area contributed by atoms with Crippen LogP contribution in [0.15, 0.2) is 35.5 Å². The van der Waals surface area contributed by atoms with Crippen LogP contribution in [0.3, 0.4) is 0 Å². The van der Waals surface area contributed by atoms with E-state index in [0.717, 1.165) is 5.56 Å². The molecule has 0 unspecified atom stereocenters. The van der Waals surface area contributed by atoms with E-state index in [2.05, 4.69) is 15.1 Å². The van der Waals surface area contributed by atoms with Gasteiger partial charge in [-0.3, -0.25) is 4.68 Å². The summed E-state index contributed by atoms with van der Waals surface area (Å²) in [5.41, 5.74) is 7.94. The van der Waals surface area contributed by atoms with Crippen molar-refractivity contribution >= 4 is 21.4 Å². The summed E-state index contributed by atoms with van der Waals surface area (Å²) in [7, 11) is -1.66. The molecule has 0 fully saturated rings. The highest BCUT2D eigenvalue weighted by molar-refractivity contribution is 7.89. The first-order chi connectivity index (χ1) is 9.92. The average Bonchev–Trinajstić information content (AvgIpc) is 2.83. The molecule has 0 saturated carbocycles. The Kier molecular flexibility index (Phi) is 4.49. The smallest absolute Gasteiger partial charge is 0.240 e. The third-order valence-electron chi connectivity index (χ3n) is 2.91. The lowest BCUT2D eigenvalue weighted by Gasteiger charge is -2.11. The van der Waals surface area contributed by atoms with Gasteiger partial charge in [0.25, 0.3) is 0 Å². The Labute approximate surface area is 124 Å². The van der Waals surface area contributed by atoms with Crippen molar-refractivity contribution in [2.75, 3.05) is 17.6 Å². The van der Waals surface area contributed by atoms with Gasteiger partial charge in [0, 0.05) is 31.9 Å². The molecule has 0 atom stereocenters. The standard InChI is InChI=1S/C13H19N5O2S/c1-3-17-21(19,20)11-4-5-12(14)13(6-11)15-7-10-8-16-18(2)9-10/h4-6,8-9,15,17H,3,7,14H2,1-2H3. The van der Waals surface area contributed by atoms with E-state index < -0.39 is 10.0 Å². The Morgan fingerprint density at radius 1 is 1.38 bits per heavy atom. The molecule has 0 radical (unpaired) electrons. The molecule has 0 bridgehead atoms. The summed E-state index contributed by atoms with van der Waals surface area (Å²) in [6.07, 6.45) is 3.62. The topological polar surface area (TPSA) is 102 Å². The molecule has 4 N–H and O–H groups in total. The average molecular weight is 309 g/mol. The second-order valence-electron chi connectivity index (χ2n) is 4.63. The van der Waals surface area contributed by atoms with Crippen LogP contribution in [0.5, 0.6) is 0 Å². The molecule has 7 nitrogen and oxygen atoms in total. The van der Waals surface area contributed by atoms with Crippen molar-refractivity contribution in [3.05, 3.63) is 36.2 Å². The van der Waals surface area contributed by atoms with Crippen LogP contribution in [0.4, 0.5) is 11.4 Å². The second-order valence-corrected chi connectivity index (χ2v) is 6.39. The number of aryl methyl sites for hydroxylation is 1. The zero-order chi connectivity index (χ0) is 15.5. The van der Waals surface area contributed by atoms with Crippen LogP contribution in [-0.2, 0) is 23.6 Å². The normalized spacial score (nSPS) is 11.5.